The molecule has 0 spiro atoms. The maximum atomic E-state index is 13.3. The Morgan fingerprint density at radius 3 is 2.60 bits per heavy atom. The molecule has 3 saturated heterocycles. The molecule has 3 atom stereocenters. The van der Waals surface area contributed by atoms with Crippen molar-refractivity contribution in [3.05, 3.63) is 24.3 Å². The summed E-state index contributed by atoms with van der Waals surface area (Å²) in [7, 11) is 3.21. The Bertz CT molecular complexity index is 890. The molecule has 0 bridgehead atoms. The number of nitrogens with one attached hydrogen (secondary N) is 1. The van der Waals surface area contributed by atoms with Crippen molar-refractivity contribution >= 4 is 23.5 Å². The molecule has 0 aliphatic carbocycles. The number of ether oxygens (including phenoxy) is 2. The Morgan fingerprint density at radius 1 is 1.09 bits per heavy atom. The van der Waals surface area contributed by atoms with Crippen molar-refractivity contribution < 1.29 is 23.9 Å². The number of amides is 4. The minimum absolute atomic E-state index is 0.0138. The number of rotatable bonds is 10. The maximum Gasteiger partial charge on any atom is 0.329 e. The Kier molecular flexibility index (Phi) is 8.62. The van der Waals surface area contributed by atoms with Crippen LogP contribution >= 0.6 is 0 Å². The number of piperidine rings is 2. The van der Waals surface area contributed by atoms with Gasteiger partial charge in [-0.2, -0.15) is 0 Å². The summed E-state index contributed by atoms with van der Waals surface area (Å²) in [5.41, 5.74) is 0.484. The highest BCUT2D eigenvalue weighted by Crippen LogP contribution is 2.31. The summed E-state index contributed by atoms with van der Waals surface area (Å²) in [5, 5.41) is 2.74. The lowest BCUT2D eigenvalue weighted by Gasteiger charge is -2.45. The monoisotopic (exact) mass is 486 g/mol. The molecule has 192 valence electrons. The summed E-state index contributed by atoms with van der Waals surface area (Å²) >= 11 is 0. The van der Waals surface area contributed by atoms with Gasteiger partial charge in [-0.3, -0.25) is 9.59 Å². The molecule has 9 nitrogen and oxygen atoms in total. The number of hydrogen-bond donors (Lipinski definition) is 1. The molecular weight excluding hydrogens is 448 g/mol. The minimum atomic E-state index is -0.707. The molecular formula is C26H38N4O5. The topological polar surface area (TPSA) is 91.4 Å². The maximum absolute atomic E-state index is 13.3. The SMILES string of the molecule is COCCN(C[C@@H]1CCCN2CCCC[C@H]12)C(=O)CC[C@@H]1NC(=O)N(c2ccc(OC)cc2)C1=O. The highest BCUT2D eigenvalue weighted by atomic mass is 16.5. The van der Waals surface area contributed by atoms with Crippen molar-refractivity contribution in [3.63, 3.8) is 0 Å². The molecule has 9 heteroatoms. The molecule has 1 aromatic rings. The van der Waals surface area contributed by atoms with Crippen LogP contribution in [0.2, 0.25) is 0 Å². The van der Waals surface area contributed by atoms with Gasteiger partial charge in [-0.25, -0.2) is 9.69 Å². The van der Waals surface area contributed by atoms with Crippen molar-refractivity contribution in [1.82, 2.24) is 15.1 Å². The van der Waals surface area contributed by atoms with Crippen LogP contribution in [0, 0.1) is 5.92 Å². The summed E-state index contributed by atoms with van der Waals surface area (Å²) < 4.78 is 10.4. The quantitative estimate of drug-likeness (QED) is 0.512. The predicted octanol–water partition coefficient (Wildman–Crippen LogP) is 2.64. The number of benzene rings is 1. The van der Waals surface area contributed by atoms with Crippen LogP contribution in [-0.2, 0) is 14.3 Å². The van der Waals surface area contributed by atoms with Gasteiger partial charge in [0.1, 0.15) is 11.8 Å². The lowest BCUT2D eigenvalue weighted by molar-refractivity contribution is -0.133. The third-order valence-electron chi connectivity index (χ3n) is 7.60. The van der Waals surface area contributed by atoms with Gasteiger partial charge in [0.2, 0.25) is 5.91 Å². The van der Waals surface area contributed by atoms with Crippen molar-refractivity contribution in [1.29, 1.82) is 0 Å². The second kappa shape index (κ2) is 11.9. The van der Waals surface area contributed by atoms with Crippen molar-refractivity contribution in [2.24, 2.45) is 5.92 Å². The van der Waals surface area contributed by atoms with E-state index >= 15 is 0 Å². The van der Waals surface area contributed by atoms with Crippen molar-refractivity contribution in [2.45, 2.75) is 57.0 Å². The third kappa shape index (κ3) is 5.95. The van der Waals surface area contributed by atoms with Gasteiger partial charge >= 0.3 is 6.03 Å². The fraction of sp³-hybridized carbons (Fsp3) is 0.654. The Morgan fingerprint density at radius 2 is 1.86 bits per heavy atom. The standard InChI is InChI=1S/C26H38N4O5/c1-34-17-16-29(18-19-6-5-15-28-14-4-3-7-23(19)28)24(31)13-12-22-25(32)30(26(33)27-22)20-8-10-21(35-2)11-9-20/h8-11,19,22-23H,3-7,12-18H2,1-2H3,(H,27,33)/t19-,22-,23+/m0/s1. The second-order valence-corrected chi connectivity index (χ2v) is 9.75. The number of carbonyl (C=O) groups excluding carboxylic acids is 3. The Hall–Kier alpha value is -2.65. The summed E-state index contributed by atoms with van der Waals surface area (Å²) in [5.74, 6) is 0.804. The van der Waals surface area contributed by atoms with E-state index in [1.165, 1.54) is 38.8 Å². The number of anilines is 1. The molecule has 1 N–H and O–H groups in total. The fourth-order valence-corrected chi connectivity index (χ4v) is 5.72. The van der Waals surface area contributed by atoms with Crippen LogP contribution in [-0.4, -0.2) is 86.7 Å². The molecule has 4 amide bonds. The number of methoxy groups -OCH3 is 2. The molecule has 3 heterocycles. The summed E-state index contributed by atoms with van der Waals surface area (Å²) in [4.78, 5) is 44.4. The van der Waals surface area contributed by atoms with Crippen LogP contribution in [0.5, 0.6) is 5.75 Å². The van der Waals surface area contributed by atoms with Gasteiger partial charge in [-0.1, -0.05) is 6.42 Å². The van der Waals surface area contributed by atoms with E-state index in [4.69, 9.17) is 9.47 Å². The average molecular weight is 487 g/mol. The molecule has 3 aliphatic rings. The number of carbonyl (C=O) groups is 3. The van der Waals surface area contributed by atoms with Gasteiger partial charge in [0.15, 0.2) is 0 Å². The first-order valence-corrected chi connectivity index (χ1v) is 12.8. The van der Waals surface area contributed by atoms with Gasteiger partial charge in [0.25, 0.3) is 5.91 Å². The van der Waals surface area contributed by atoms with E-state index in [1.54, 1.807) is 38.5 Å². The van der Waals surface area contributed by atoms with Crippen molar-refractivity contribution in [2.75, 3.05) is 51.9 Å². The summed E-state index contributed by atoms with van der Waals surface area (Å²) in [6.07, 6.45) is 6.55. The van der Waals surface area contributed by atoms with Gasteiger partial charge in [-0.15, -0.1) is 0 Å². The highest BCUT2D eigenvalue weighted by molar-refractivity contribution is 6.21. The van der Waals surface area contributed by atoms with Gasteiger partial charge in [0, 0.05) is 32.7 Å². The first kappa shape index (κ1) is 25.4. The smallest absolute Gasteiger partial charge is 0.329 e. The Labute approximate surface area is 207 Å². The Balaban J connectivity index is 1.35. The lowest BCUT2D eigenvalue weighted by atomic mass is 9.83. The van der Waals surface area contributed by atoms with E-state index in [0.717, 1.165) is 17.9 Å². The lowest BCUT2D eigenvalue weighted by Crippen LogP contribution is -2.52. The van der Waals surface area contributed by atoms with E-state index in [2.05, 4.69) is 10.2 Å². The minimum Gasteiger partial charge on any atom is -0.497 e. The van der Waals surface area contributed by atoms with Crippen LogP contribution in [0.3, 0.4) is 0 Å². The predicted molar refractivity (Wildman–Crippen MR) is 132 cm³/mol. The zero-order valence-corrected chi connectivity index (χ0v) is 20.9. The number of imide groups is 1. The molecule has 3 aliphatic heterocycles. The molecule has 3 fully saturated rings. The summed E-state index contributed by atoms with van der Waals surface area (Å²) in [6.45, 7) is 4.09. The average Bonchev–Trinajstić information content (AvgIpc) is 3.17. The van der Waals surface area contributed by atoms with E-state index in [9.17, 15) is 14.4 Å². The van der Waals surface area contributed by atoms with E-state index in [0.29, 0.717) is 36.5 Å². The molecule has 4 rings (SSSR count). The zero-order valence-electron chi connectivity index (χ0n) is 20.9. The second-order valence-electron chi connectivity index (χ2n) is 9.75. The molecule has 1 aromatic carbocycles. The molecule has 35 heavy (non-hydrogen) atoms. The number of urea groups is 1. The fourth-order valence-electron chi connectivity index (χ4n) is 5.72. The van der Waals surface area contributed by atoms with Crippen LogP contribution < -0.4 is 15.0 Å². The molecule has 0 radical (unpaired) electrons. The van der Waals surface area contributed by atoms with Crippen LogP contribution in [0.4, 0.5) is 10.5 Å². The molecule has 0 saturated carbocycles. The normalized spacial score (nSPS) is 24.7. The van der Waals surface area contributed by atoms with E-state index in [1.807, 2.05) is 4.90 Å². The van der Waals surface area contributed by atoms with Gasteiger partial charge in [0.05, 0.1) is 19.4 Å². The van der Waals surface area contributed by atoms with E-state index in [-0.39, 0.29) is 24.7 Å². The zero-order chi connectivity index (χ0) is 24.8. The first-order chi connectivity index (χ1) is 17.0. The molecule has 0 unspecified atom stereocenters. The van der Waals surface area contributed by atoms with Crippen molar-refractivity contribution in [3.8, 4) is 5.75 Å². The number of hydrogen-bond acceptors (Lipinski definition) is 6. The van der Waals surface area contributed by atoms with Gasteiger partial charge < -0.3 is 24.6 Å². The van der Waals surface area contributed by atoms with Gasteiger partial charge in [-0.05, 0) is 75.4 Å². The summed E-state index contributed by atoms with van der Waals surface area (Å²) in [6, 6.07) is 6.15. The van der Waals surface area contributed by atoms with Crippen LogP contribution in [0.25, 0.3) is 0 Å². The largest absolute Gasteiger partial charge is 0.497 e. The molecule has 0 aromatic heterocycles. The number of fused-ring (bicyclic) bond motifs is 1. The first-order valence-electron chi connectivity index (χ1n) is 12.8. The van der Waals surface area contributed by atoms with Crippen LogP contribution in [0.15, 0.2) is 24.3 Å². The third-order valence-corrected chi connectivity index (χ3v) is 7.60. The van der Waals surface area contributed by atoms with E-state index < -0.39 is 12.1 Å². The highest BCUT2D eigenvalue weighted by Gasteiger charge is 2.39. The van der Waals surface area contributed by atoms with Crippen LogP contribution in [0.1, 0.15) is 44.9 Å². The number of nitrogens with zero attached hydrogens (tertiary/aromatic N) is 3.